The second-order valence-corrected chi connectivity index (χ2v) is 7.85. The van der Waals surface area contributed by atoms with Crippen molar-refractivity contribution in [2.24, 2.45) is 5.92 Å². The van der Waals surface area contributed by atoms with Crippen LogP contribution in [0.5, 0.6) is 17.2 Å². The molecule has 1 aromatic heterocycles. The fourth-order valence-electron chi connectivity index (χ4n) is 3.30. The van der Waals surface area contributed by atoms with E-state index in [1.807, 2.05) is 37.3 Å². The Bertz CT molecular complexity index is 870. The molecular weight excluding hydrogens is 410 g/mol. The summed E-state index contributed by atoms with van der Waals surface area (Å²) in [5.41, 5.74) is -0.121. The molecule has 0 aliphatic rings. The molecule has 0 aliphatic heterocycles. The van der Waals surface area contributed by atoms with Crippen molar-refractivity contribution in [1.29, 1.82) is 0 Å². The molecule has 0 radical (unpaired) electrons. The molecule has 1 aromatic carbocycles. The molecule has 2 aromatic rings. The Balaban J connectivity index is 2.02. The number of pyridine rings is 1. The average molecular weight is 444 g/mol. The van der Waals surface area contributed by atoms with Crippen molar-refractivity contribution in [2.75, 3.05) is 7.11 Å². The molecule has 2 rings (SSSR count). The van der Waals surface area contributed by atoms with Crippen LogP contribution in [-0.4, -0.2) is 41.2 Å². The number of hydrogen-bond donors (Lipinski definition) is 1. The number of ether oxygens (including phenoxy) is 3. The van der Waals surface area contributed by atoms with Crippen LogP contribution < -0.4 is 9.47 Å². The van der Waals surface area contributed by atoms with Crippen LogP contribution in [0.1, 0.15) is 63.4 Å². The number of Topliss-reactive ketones (excluding diaryl/α,β-unsaturated/α-hetero) is 1. The maximum absolute atomic E-state index is 12.8. The molecule has 0 bridgehead atoms. The predicted octanol–water partition coefficient (Wildman–Crippen LogP) is 4.96. The second kappa shape index (κ2) is 12.7. The highest BCUT2D eigenvalue weighted by molar-refractivity contribution is 5.99. The van der Waals surface area contributed by atoms with Gasteiger partial charge in [-0.25, -0.2) is 4.98 Å². The van der Waals surface area contributed by atoms with Gasteiger partial charge in [-0.2, -0.15) is 0 Å². The van der Waals surface area contributed by atoms with Crippen LogP contribution in [-0.2, 0) is 9.53 Å². The Morgan fingerprint density at radius 1 is 1.09 bits per heavy atom. The average Bonchev–Trinajstić information content (AvgIpc) is 2.79. The summed E-state index contributed by atoms with van der Waals surface area (Å²) in [7, 11) is 1.39. The highest BCUT2D eigenvalue weighted by Crippen LogP contribution is 2.29. The van der Waals surface area contributed by atoms with Crippen LogP contribution in [0.15, 0.2) is 42.6 Å². The summed E-state index contributed by atoms with van der Waals surface area (Å²) >= 11 is 0. The first-order valence-electron chi connectivity index (χ1n) is 11.0. The van der Waals surface area contributed by atoms with Gasteiger partial charge in [0.15, 0.2) is 23.0 Å². The Labute approximate surface area is 189 Å². The Hall–Kier alpha value is -3.09. The highest BCUT2D eigenvalue weighted by Gasteiger charge is 2.28. The van der Waals surface area contributed by atoms with Crippen molar-refractivity contribution in [3.63, 3.8) is 0 Å². The van der Waals surface area contributed by atoms with E-state index < -0.39 is 23.8 Å². The first-order chi connectivity index (χ1) is 15.4. The normalized spacial score (nSPS) is 13.6. The third kappa shape index (κ3) is 7.25. The number of nitrogens with zero attached hydrogens (tertiary/aromatic N) is 1. The molecule has 0 unspecified atom stereocenters. The molecule has 0 amide bonds. The van der Waals surface area contributed by atoms with Gasteiger partial charge in [-0.15, -0.1) is 0 Å². The molecular formula is C25H33NO6. The van der Waals surface area contributed by atoms with E-state index in [9.17, 15) is 14.7 Å². The summed E-state index contributed by atoms with van der Waals surface area (Å²) < 4.78 is 16.8. The van der Waals surface area contributed by atoms with E-state index >= 15 is 0 Å². The number of benzene rings is 1. The lowest BCUT2D eigenvalue weighted by Gasteiger charge is -2.26. The van der Waals surface area contributed by atoms with E-state index in [0.717, 1.165) is 19.3 Å². The number of hydrogen-bond acceptors (Lipinski definition) is 7. The van der Waals surface area contributed by atoms with Gasteiger partial charge in [0.05, 0.1) is 13.0 Å². The van der Waals surface area contributed by atoms with Crippen molar-refractivity contribution in [3.8, 4) is 17.2 Å². The summed E-state index contributed by atoms with van der Waals surface area (Å²) in [6.45, 7) is 5.62. The quantitative estimate of drug-likeness (QED) is 0.265. The van der Waals surface area contributed by atoms with Crippen molar-refractivity contribution in [3.05, 3.63) is 48.3 Å². The maximum atomic E-state index is 12.8. The van der Waals surface area contributed by atoms with Gasteiger partial charge in [0, 0.05) is 18.7 Å². The molecule has 0 fully saturated rings. The zero-order valence-corrected chi connectivity index (χ0v) is 19.2. The van der Waals surface area contributed by atoms with Gasteiger partial charge in [0.25, 0.3) is 0 Å². The van der Waals surface area contributed by atoms with E-state index in [0.29, 0.717) is 12.2 Å². The van der Waals surface area contributed by atoms with Crippen LogP contribution in [0.4, 0.5) is 0 Å². The molecule has 0 saturated carbocycles. The van der Waals surface area contributed by atoms with Gasteiger partial charge in [0.1, 0.15) is 18.0 Å². The number of aromatic hydroxyl groups is 1. The highest BCUT2D eigenvalue weighted by atomic mass is 16.6. The van der Waals surface area contributed by atoms with Crippen LogP contribution in [0.3, 0.4) is 0 Å². The summed E-state index contributed by atoms with van der Waals surface area (Å²) in [6, 6.07) is 10.8. The zero-order chi connectivity index (χ0) is 23.5. The maximum Gasteiger partial charge on any atom is 0.309 e. The third-order valence-corrected chi connectivity index (χ3v) is 5.21. The van der Waals surface area contributed by atoms with Gasteiger partial charge >= 0.3 is 5.97 Å². The lowest BCUT2D eigenvalue weighted by atomic mass is 10.0. The number of carbonyl (C=O) groups is 2. The summed E-state index contributed by atoms with van der Waals surface area (Å²) in [5, 5.41) is 10.1. The van der Waals surface area contributed by atoms with Crippen molar-refractivity contribution in [1.82, 2.24) is 4.98 Å². The lowest BCUT2D eigenvalue weighted by molar-refractivity contribution is -0.158. The molecule has 174 valence electrons. The number of unbranched alkanes of at least 4 members (excludes halogenated alkanes) is 2. The summed E-state index contributed by atoms with van der Waals surface area (Å²) in [6.07, 6.45) is 4.12. The van der Waals surface area contributed by atoms with Crippen LogP contribution in [0.2, 0.25) is 0 Å². The van der Waals surface area contributed by atoms with Crippen molar-refractivity contribution < 1.29 is 28.9 Å². The predicted molar refractivity (Wildman–Crippen MR) is 121 cm³/mol. The molecule has 1 N–H and O–H groups in total. The molecule has 7 heteroatoms. The largest absolute Gasteiger partial charge is 0.503 e. The first kappa shape index (κ1) is 25.2. The van der Waals surface area contributed by atoms with Crippen LogP contribution in [0, 0.1) is 5.92 Å². The fraction of sp³-hybridized carbons (Fsp3) is 0.480. The SMILES string of the molecule is CCCCC[C@H](OC(=O)[C@H](C)CC(=O)c1nccc(OC)c1O)[C@@H](C)Oc1ccccc1. The van der Waals surface area contributed by atoms with E-state index in [1.54, 1.807) is 6.92 Å². The topological polar surface area (TPSA) is 95.0 Å². The van der Waals surface area contributed by atoms with Crippen LogP contribution in [0.25, 0.3) is 0 Å². The first-order valence-corrected chi connectivity index (χ1v) is 11.0. The van der Waals surface area contributed by atoms with Crippen molar-refractivity contribution in [2.45, 2.75) is 65.1 Å². The number of methoxy groups -OCH3 is 1. The van der Waals surface area contributed by atoms with E-state index in [1.165, 1.54) is 19.4 Å². The minimum Gasteiger partial charge on any atom is -0.503 e. The summed E-state index contributed by atoms with van der Waals surface area (Å²) in [4.78, 5) is 29.3. The van der Waals surface area contributed by atoms with Crippen LogP contribution >= 0.6 is 0 Å². The van der Waals surface area contributed by atoms with Gasteiger partial charge in [-0.3, -0.25) is 9.59 Å². The number of ketones is 1. The number of carbonyl (C=O) groups excluding carboxylic acids is 2. The zero-order valence-electron chi connectivity index (χ0n) is 19.2. The molecule has 32 heavy (non-hydrogen) atoms. The van der Waals surface area contributed by atoms with Gasteiger partial charge in [-0.05, 0) is 31.9 Å². The number of para-hydroxylation sites is 1. The van der Waals surface area contributed by atoms with Gasteiger partial charge in [-0.1, -0.05) is 44.9 Å². The van der Waals surface area contributed by atoms with E-state index in [-0.39, 0.29) is 29.7 Å². The Kier molecular flexibility index (Phi) is 9.98. The second-order valence-electron chi connectivity index (χ2n) is 7.85. The minimum atomic E-state index is -0.701. The molecule has 0 spiro atoms. The van der Waals surface area contributed by atoms with Gasteiger partial charge < -0.3 is 19.3 Å². The molecule has 1 heterocycles. The monoisotopic (exact) mass is 443 g/mol. The van der Waals surface area contributed by atoms with Gasteiger partial charge in [0.2, 0.25) is 0 Å². The Morgan fingerprint density at radius 2 is 1.81 bits per heavy atom. The van der Waals surface area contributed by atoms with E-state index in [2.05, 4.69) is 11.9 Å². The number of rotatable bonds is 13. The molecule has 0 aliphatic carbocycles. The third-order valence-electron chi connectivity index (χ3n) is 5.21. The number of esters is 1. The Morgan fingerprint density at radius 3 is 2.47 bits per heavy atom. The molecule has 3 atom stereocenters. The fourth-order valence-corrected chi connectivity index (χ4v) is 3.30. The molecule has 0 saturated heterocycles. The van der Waals surface area contributed by atoms with E-state index in [4.69, 9.17) is 14.2 Å². The summed E-state index contributed by atoms with van der Waals surface area (Å²) in [5.74, 6) is -1.11. The standard InChI is InChI=1S/C25H33NO6/c1-5-6-8-13-21(18(3)31-19-11-9-7-10-12-19)32-25(29)17(2)16-20(27)23-24(28)22(30-4)14-15-26-23/h7,9-12,14-15,17-18,21,28H,5-6,8,13,16H2,1-4H3/t17-,18-,21+/m1/s1. The van der Waals surface area contributed by atoms with Crippen molar-refractivity contribution >= 4 is 11.8 Å². The minimum absolute atomic E-state index is 0.121. The smallest absolute Gasteiger partial charge is 0.309 e. The molecule has 7 nitrogen and oxygen atoms in total. The number of aromatic nitrogens is 1. The lowest BCUT2D eigenvalue weighted by Crippen LogP contribution is -2.35.